The van der Waals surface area contributed by atoms with Gasteiger partial charge in [-0.25, -0.2) is 0 Å². The zero-order chi connectivity index (χ0) is 23.5. The Kier molecular flexibility index (Phi) is 6.81. The molecule has 1 aromatic heterocycles. The highest BCUT2D eigenvalue weighted by Gasteiger charge is 2.23. The van der Waals surface area contributed by atoms with Gasteiger partial charge in [0.05, 0.1) is 35.5 Å². The van der Waals surface area contributed by atoms with Gasteiger partial charge in [0.25, 0.3) is 0 Å². The molecule has 0 aliphatic heterocycles. The summed E-state index contributed by atoms with van der Waals surface area (Å²) >= 11 is 0. The van der Waals surface area contributed by atoms with Gasteiger partial charge in [0.2, 0.25) is 11.5 Å². The molecule has 32 heavy (non-hydrogen) atoms. The summed E-state index contributed by atoms with van der Waals surface area (Å²) in [7, 11) is 3.20. The van der Waals surface area contributed by atoms with Gasteiger partial charge in [-0.3, -0.25) is 4.57 Å². The number of nitrogens with zero attached hydrogens (tertiary/aromatic N) is 2. The molecular formula is C20H23N3O8P-. The molecule has 172 valence electrons. The van der Waals surface area contributed by atoms with Gasteiger partial charge >= 0.3 is 0 Å². The van der Waals surface area contributed by atoms with Gasteiger partial charge in [-0.15, -0.1) is 0 Å². The fourth-order valence-corrected chi connectivity index (χ4v) is 3.66. The molecule has 11 nitrogen and oxygen atoms in total. The third-order valence-electron chi connectivity index (χ3n) is 4.47. The Morgan fingerprint density at radius 2 is 1.09 bits per heavy atom. The second kappa shape index (κ2) is 9.37. The Bertz CT molecular complexity index is 1130. The molecule has 12 heteroatoms. The van der Waals surface area contributed by atoms with E-state index in [1.807, 2.05) is 0 Å². The van der Waals surface area contributed by atoms with Crippen molar-refractivity contribution in [3.63, 3.8) is 0 Å². The number of methoxy groups -OCH3 is 5. The first kappa shape index (κ1) is 23.2. The van der Waals surface area contributed by atoms with E-state index in [4.69, 9.17) is 28.2 Å². The number of aromatic amines is 1. The number of ether oxygens (including phenoxy) is 5. The van der Waals surface area contributed by atoms with Crippen LogP contribution in [0, 0.1) is 0 Å². The third-order valence-corrected chi connectivity index (χ3v) is 5.00. The highest BCUT2D eigenvalue weighted by atomic mass is 31.2. The largest absolute Gasteiger partial charge is 0.769 e. The Morgan fingerprint density at radius 3 is 1.44 bits per heavy atom. The van der Waals surface area contributed by atoms with E-state index in [1.54, 1.807) is 18.2 Å². The van der Waals surface area contributed by atoms with E-state index in [0.717, 1.165) is 6.66 Å². The topological polar surface area (TPSA) is 137 Å². The molecule has 0 aliphatic carbocycles. The molecule has 0 amide bonds. The zero-order valence-corrected chi connectivity index (χ0v) is 19.3. The molecule has 3 rings (SSSR count). The van der Waals surface area contributed by atoms with Crippen LogP contribution in [0.5, 0.6) is 34.5 Å². The molecule has 0 saturated carbocycles. The van der Waals surface area contributed by atoms with Crippen LogP contribution in [0.15, 0.2) is 24.3 Å². The summed E-state index contributed by atoms with van der Waals surface area (Å²) in [5.74, 6) is 1.65. The summed E-state index contributed by atoms with van der Waals surface area (Å²) in [6, 6.07) is 6.56. The molecule has 2 aromatic carbocycles. The van der Waals surface area contributed by atoms with Gasteiger partial charge < -0.3 is 33.1 Å². The lowest BCUT2D eigenvalue weighted by atomic mass is 10.0. The van der Waals surface area contributed by atoms with Crippen molar-refractivity contribution in [2.45, 2.75) is 0 Å². The van der Waals surface area contributed by atoms with Crippen molar-refractivity contribution >= 4 is 7.60 Å². The van der Waals surface area contributed by atoms with Crippen LogP contribution in [0.1, 0.15) is 0 Å². The van der Waals surface area contributed by atoms with Crippen molar-refractivity contribution in [1.82, 2.24) is 15.4 Å². The number of hydrogen-bond acceptors (Lipinski definition) is 10. The molecule has 0 aliphatic rings. The Morgan fingerprint density at radius 1 is 0.719 bits per heavy atom. The predicted molar refractivity (Wildman–Crippen MR) is 114 cm³/mol. The maximum absolute atomic E-state index is 11.8. The molecule has 1 N–H and O–H groups in total. The molecule has 0 spiro atoms. The highest BCUT2D eigenvalue weighted by molar-refractivity contribution is 7.50. The van der Waals surface area contributed by atoms with Gasteiger partial charge in [0.1, 0.15) is 11.4 Å². The molecule has 3 aromatic rings. The normalized spacial score (nSPS) is 12.6. The van der Waals surface area contributed by atoms with Crippen LogP contribution < -0.4 is 33.1 Å². The molecule has 1 heterocycles. The molecule has 0 saturated heterocycles. The van der Waals surface area contributed by atoms with E-state index in [2.05, 4.69) is 15.4 Å². The van der Waals surface area contributed by atoms with Crippen LogP contribution in [0.3, 0.4) is 0 Å². The first-order valence-electron chi connectivity index (χ1n) is 9.21. The third kappa shape index (κ3) is 4.58. The average molecular weight is 464 g/mol. The number of nitrogens with one attached hydrogen (secondary N) is 1. The molecule has 1 unspecified atom stereocenters. The minimum Gasteiger partial charge on any atom is -0.769 e. The van der Waals surface area contributed by atoms with E-state index in [0.29, 0.717) is 39.8 Å². The van der Waals surface area contributed by atoms with Gasteiger partial charge in [-0.05, 0) is 24.3 Å². The minimum absolute atomic E-state index is 0.0403. The van der Waals surface area contributed by atoms with Gasteiger partial charge in [0.15, 0.2) is 30.6 Å². The fraction of sp³-hybridized carbons (Fsp3) is 0.300. The van der Waals surface area contributed by atoms with Crippen molar-refractivity contribution in [2.24, 2.45) is 0 Å². The van der Waals surface area contributed by atoms with Gasteiger partial charge in [-0.1, -0.05) is 0 Å². The lowest BCUT2D eigenvalue weighted by molar-refractivity contribution is -0.189. The van der Waals surface area contributed by atoms with E-state index >= 15 is 0 Å². The Balaban J connectivity index is 2.20. The monoisotopic (exact) mass is 464 g/mol. The number of aromatic nitrogens is 3. The van der Waals surface area contributed by atoms with Gasteiger partial charge in [-0.2, -0.15) is 15.4 Å². The summed E-state index contributed by atoms with van der Waals surface area (Å²) in [5, 5.41) is 11.1. The van der Waals surface area contributed by atoms with Crippen LogP contribution in [-0.4, -0.2) is 57.6 Å². The van der Waals surface area contributed by atoms with Crippen molar-refractivity contribution in [1.29, 1.82) is 0 Å². The van der Waals surface area contributed by atoms with Crippen molar-refractivity contribution in [3.05, 3.63) is 24.3 Å². The van der Waals surface area contributed by atoms with E-state index in [1.165, 1.54) is 41.6 Å². The number of rotatable bonds is 9. The number of hydrogen-bond donors (Lipinski definition) is 1. The van der Waals surface area contributed by atoms with E-state index in [9.17, 15) is 9.46 Å². The van der Waals surface area contributed by atoms with E-state index < -0.39 is 7.60 Å². The molecule has 0 radical (unpaired) electrons. The zero-order valence-electron chi connectivity index (χ0n) is 18.4. The summed E-state index contributed by atoms with van der Waals surface area (Å²) in [4.78, 5) is 11.8. The minimum atomic E-state index is -4.13. The quantitative estimate of drug-likeness (QED) is 0.471. The summed E-state index contributed by atoms with van der Waals surface area (Å²) in [5.41, 5.74) is 1.94. The first-order valence-corrected chi connectivity index (χ1v) is 11.2. The Labute approximate surface area is 184 Å². The maximum Gasteiger partial charge on any atom is 0.203 e. The van der Waals surface area contributed by atoms with Crippen LogP contribution in [0.25, 0.3) is 22.5 Å². The Hall–Kier alpha value is -3.43. The molecule has 0 fully saturated rings. The van der Waals surface area contributed by atoms with Crippen LogP contribution in [0.4, 0.5) is 0 Å². The molecule has 1 atom stereocenters. The summed E-state index contributed by atoms with van der Waals surface area (Å²) in [6.45, 7) is 0.961. The van der Waals surface area contributed by atoms with Crippen molar-refractivity contribution in [2.75, 3.05) is 42.2 Å². The SMILES string of the molecule is COc1cc(-c2n[nH]nc2-c2cc(OC)c(OC)c(OP(C)(=O)[O-])c2)cc(OC)c1OC. The maximum atomic E-state index is 11.8. The smallest absolute Gasteiger partial charge is 0.203 e. The second-order valence-electron chi connectivity index (χ2n) is 6.51. The molecule has 0 bridgehead atoms. The van der Waals surface area contributed by atoms with Crippen molar-refractivity contribution < 1.29 is 37.7 Å². The summed E-state index contributed by atoms with van der Waals surface area (Å²) < 4.78 is 43.8. The van der Waals surface area contributed by atoms with Crippen LogP contribution in [-0.2, 0) is 4.57 Å². The van der Waals surface area contributed by atoms with Crippen molar-refractivity contribution in [3.8, 4) is 57.0 Å². The number of benzene rings is 2. The lowest BCUT2D eigenvalue weighted by Crippen LogP contribution is -2.06. The second-order valence-corrected chi connectivity index (χ2v) is 8.23. The average Bonchev–Trinajstić information content (AvgIpc) is 3.26. The van der Waals surface area contributed by atoms with Crippen LogP contribution in [0.2, 0.25) is 0 Å². The lowest BCUT2D eigenvalue weighted by Gasteiger charge is -2.22. The predicted octanol–water partition coefficient (Wildman–Crippen LogP) is 2.74. The number of H-pyrrole nitrogens is 1. The molecular weight excluding hydrogens is 441 g/mol. The fourth-order valence-electron chi connectivity index (χ4n) is 3.16. The van der Waals surface area contributed by atoms with E-state index in [-0.39, 0.29) is 17.2 Å². The van der Waals surface area contributed by atoms with Gasteiger partial charge in [0, 0.05) is 17.8 Å². The summed E-state index contributed by atoms with van der Waals surface area (Å²) in [6.07, 6.45) is 0. The van der Waals surface area contributed by atoms with Crippen LogP contribution >= 0.6 is 7.60 Å². The first-order chi connectivity index (χ1) is 15.3. The highest BCUT2D eigenvalue weighted by Crippen LogP contribution is 2.48. The standard InChI is InChI=1S/C20H24N3O8P/c1-26-13-7-11(8-14(27-2)19(13)29-4)17-18(22-23-21-17)12-9-15(28-3)20(30-5)16(10-12)31-32(6,24)25/h7-10H,1-6H3,(H,24,25)(H,21,22,23)/p-1.